The highest BCUT2D eigenvalue weighted by Gasteiger charge is 2.06. The third-order valence-electron chi connectivity index (χ3n) is 1.72. The van der Waals surface area contributed by atoms with Crippen molar-refractivity contribution in [2.45, 2.75) is 6.61 Å². The Morgan fingerprint density at radius 2 is 2.12 bits per heavy atom. The van der Waals surface area contributed by atoms with Crippen LogP contribution in [0.25, 0.3) is 0 Å². The minimum atomic E-state index is 0.0429. The Labute approximate surface area is 91.2 Å². The van der Waals surface area contributed by atoms with Crippen LogP contribution in [-0.4, -0.2) is 22.1 Å². The number of hydrogen-bond donors (Lipinski definition) is 1. The number of hydrogen-bond acceptors (Lipinski definition) is 7. The number of anilines is 1. The van der Waals surface area contributed by atoms with Crippen LogP contribution in [0.1, 0.15) is 5.76 Å². The first-order valence-corrected chi connectivity index (χ1v) is 4.48. The summed E-state index contributed by atoms with van der Waals surface area (Å²) in [7, 11) is 1.44. The number of nitrogens with zero attached hydrogens (tertiary/aromatic N) is 3. The van der Waals surface area contributed by atoms with E-state index < -0.39 is 0 Å². The predicted octanol–water partition coefficient (Wildman–Crippen LogP) is 0.634. The van der Waals surface area contributed by atoms with E-state index in [-0.39, 0.29) is 24.6 Å². The summed E-state index contributed by atoms with van der Waals surface area (Å²) in [5.41, 5.74) is 5.44. The molecule has 0 saturated carbocycles. The van der Waals surface area contributed by atoms with Crippen LogP contribution in [0.2, 0.25) is 0 Å². The molecule has 0 aliphatic rings. The van der Waals surface area contributed by atoms with Gasteiger partial charge in [-0.2, -0.15) is 9.97 Å². The van der Waals surface area contributed by atoms with E-state index in [1.54, 1.807) is 18.4 Å². The molecule has 0 atom stereocenters. The number of furan rings is 1. The Morgan fingerprint density at radius 3 is 2.81 bits per heavy atom. The number of ether oxygens (including phenoxy) is 2. The molecule has 0 radical (unpaired) electrons. The van der Waals surface area contributed by atoms with Crippen molar-refractivity contribution in [3.05, 3.63) is 24.2 Å². The molecule has 0 unspecified atom stereocenters. The summed E-state index contributed by atoms with van der Waals surface area (Å²) < 4.78 is 15.2. The van der Waals surface area contributed by atoms with E-state index in [0.717, 1.165) is 0 Å². The minimum absolute atomic E-state index is 0.0429. The molecule has 84 valence electrons. The van der Waals surface area contributed by atoms with Gasteiger partial charge in [0, 0.05) is 0 Å². The molecule has 0 spiro atoms. The molecule has 0 saturated heterocycles. The van der Waals surface area contributed by atoms with Crippen LogP contribution >= 0.6 is 0 Å². The van der Waals surface area contributed by atoms with Crippen molar-refractivity contribution in [1.29, 1.82) is 0 Å². The lowest BCUT2D eigenvalue weighted by atomic mass is 10.5. The Bertz CT molecular complexity index is 458. The second kappa shape index (κ2) is 4.47. The van der Waals surface area contributed by atoms with Crippen LogP contribution in [-0.2, 0) is 6.61 Å². The van der Waals surface area contributed by atoms with Gasteiger partial charge in [-0.1, -0.05) is 0 Å². The number of aromatic nitrogens is 3. The molecule has 7 nitrogen and oxygen atoms in total. The summed E-state index contributed by atoms with van der Waals surface area (Å²) in [4.78, 5) is 11.4. The van der Waals surface area contributed by atoms with Crippen LogP contribution in [0.15, 0.2) is 22.8 Å². The maximum atomic E-state index is 5.44. The van der Waals surface area contributed by atoms with Crippen molar-refractivity contribution in [2.24, 2.45) is 0 Å². The third kappa shape index (κ3) is 2.38. The molecule has 7 heteroatoms. The fourth-order valence-corrected chi connectivity index (χ4v) is 1.04. The Balaban J connectivity index is 2.06. The van der Waals surface area contributed by atoms with E-state index in [1.165, 1.54) is 7.11 Å². The second-order valence-corrected chi connectivity index (χ2v) is 2.83. The van der Waals surface area contributed by atoms with Crippen molar-refractivity contribution >= 4 is 5.95 Å². The van der Waals surface area contributed by atoms with Crippen LogP contribution < -0.4 is 15.2 Å². The Morgan fingerprint density at radius 1 is 1.31 bits per heavy atom. The minimum Gasteiger partial charge on any atom is -0.467 e. The van der Waals surface area contributed by atoms with Gasteiger partial charge in [0.05, 0.1) is 13.4 Å². The van der Waals surface area contributed by atoms with E-state index in [0.29, 0.717) is 5.76 Å². The van der Waals surface area contributed by atoms with E-state index in [4.69, 9.17) is 19.6 Å². The molecule has 2 rings (SSSR count). The van der Waals surface area contributed by atoms with E-state index >= 15 is 0 Å². The zero-order chi connectivity index (χ0) is 11.4. The summed E-state index contributed by atoms with van der Waals surface area (Å²) in [6.45, 7) is 0.222. The highest BCUT2D eigenvalue weighted by Crippen LogP contribution is 2.12. The van der Waals surface area contributed by atoms with Gasteiger partial charge >= 0.3 is 12.0 Å². The smallest absolute Gasteiger partial charge is 0.324 e. The molecule has 0 fully saturated rings. The standard InChI is InChI=1S/C9H10N4O3/c1-14-8-11-7(10)12-9(13-8)16-5-6-3-2-4-15-6/h2-4H,5H2,1H3,(H2,10,11,12,13). The molecular weight excluding hydrogens is 212 g/mol. The lowest BCUT2D eigenvalue weighted by Gasteiger charge is -2.04. The van der Waals surface area contributed by atoms with Gasteiger partial charge < -0.3 is 19.6 Å². The van der Waals surface area contributed by atoms with Gasteiger partial charge in [0.1, 0.15) is 12.4 Å². The van der Waals surface area contributed by atoms with Crippen LogP contribution in [0, 0.1) is 0 Å². The second-order valence-electron chi connectivity index (χ2n) is 2.83. The van der Waals surface area contributed by atoms with Gasteiger partial charge in [0.25, 0.3) is 0 Å². The van der Waals surface area contributed by atoms with Crippen molar-refractivity contribution in [2.75, 3.05) is 12.8 Å². The van der Waals surface area contributed by atoms with Crippen LogP contribution in [0.5, 0.6) is 12.0 Å². The summed E-state index contributed by atoms with van der Waals surface area (Å²) in [6, 6.07) is 3.76. The third-order valence-corrected chi connectivity index (χ3v) is 1.72. The molecule has 0 amide bonds. The van der Waals surface area contributed by atoms with Crippen molar-refractivity contribution in [3.8, 4) is 12.0 Å². The molecular formula is C9H10N4O3. The molecule has 2 aromatic heterocycles. The first-order valence-electron chi connectivity index (χ1n) is 4.48. The average Bonchev–Trinajstić information content (AvgIpc) is 2.78. The average molecular weight is 222 g/mol. The maximum Gasteiger partial charge on any atom is 0.324 e. The monoisotopic (exact) mass is 222 g/mol. The topological polar surface area (TPSA) is 96.3 Å². The Kier molecular flexibility index (Phi) is 2.86. The first kappa shape index (κ1) is 10.2. The number of nitrogens with two attached hydrogens (primary N) is 1. The summed E-state index contributed by atoms with van der Waals surface area (Å²) in [5, 5.41) is 0. The highest BCUT2D eigenvalue weighted by atomic mass is 16.5. The van der Waals surface area contributed by atoms with E-state index in [2.05, 4.69) is 15.0 Å². The highest BCUT2D eigenvalue weighted by molar-refractivity contribution is 5.20. The van der Waals surface area contributed by atoms with Crippen LogP contribution in [0.4, 0.5) is 5.95 Å². The normalized spacial score (nSPS) is 10.1. The lowest BCUT2D eigenvalue weighted by Crippen LogP contribution is -2.05. The van der Waals surface area contributed by atoms with Crippen molar-refractivity contribution in [1.82, 2.24) is 15.0 Å². The zero-order valence-corrected chi connectivity index (χ0v) is 8.58. The Hall–Kier alpha value is -2.31. The number of rotatable bonds is 4. The lowest BCUT2D eigenvalue weighted by molar-refractivity contribution is 0.244. The maximum absolute atomic E-state index is 5.44. The summed E-state index contributed by atoms with van der Waals surface area (Å²) in [6.07, 6.45) is 1.56. The quantitative estimate of drug-likeness (QED) is 0.810. The number of methoxy groups -OCH3 is 1. The molecule has 0 aliphatic heterocycles. The van der Waals surface area contributed by atoms with Gasteiger partial charge in [-0.3, -0.25) is 0 Å². The largest absolute Gasteiger partial charge is 0.467 e. The van der Waals surface area contributed by atoms with Gasteiger partial charge in [0.2, 0.25) is 5.95 Å². The van der Waals surface area contributed by atoms with E-state index in [1.807, 2.05) is 0 Å². The SMILES string of the molecule is COc1nc(N)nc(OCc2ccco2)n1. The molecule has 0 aliphatic carbocycles. The molecule has 2 heterocycles. The van der Waals surface area contributed by atoms with Crippen molar-refractivity contribution < 1.29 is 13.9 Å². The fourth-order valence-electron chi connectivity index (χ4n) is 1.04. The molecule has 0 bridgehead atoms. The predicted molar refractivity (Wildman–Crippen MR) is 53.8 cm³/mol. The van der Waals surface area contributed by atoms with Gasteiger partial charge in [-0.25, -0.2) is 0 Å². The molecule has 2 aromatic rings. The van der Waals surface area contributed by atoms with Gasteiger partial charge in [0.15, 0.2) is 0 Å². The molecule has 0 aromatic carbocycles. The molecule has 16 heavy (non-hydrogen) atoms. The summed E-state index contributed by atoms with van der Waals surface area (Å²) >= 11 is 0. The van der Waals surface area contributed by atoms with Gasteiger partial charge in [-0.15, -0.1) is 4.98 Å². The van der Waals surface area contributed by atoms with Gasteiger partial charge in [-0.05, 0) is 12.1 Å². The van der Waals surface area contributed by atoms with E-state index in [9.17, 15) is 0 Å². The number of nitrogen functional groups attached to an aromatic ring is 1. The zero-order valence-electron chi connectivity index (χ0n) is 8.58. The fraction of sp³-hybridized carbons (Fsp3) is 0.222. The molecule has 2 N–H and O–H groups in total. The first-order chi connectivity index (χ1) is 7.78. The van der Waals surface area contributed by atoms with Crippen molar-refractivity contribution in [3.63, 3.8) is 0 Å². The summed E-state index contributed by atoms with van der Waals surface area (Å²) in [5.74, 6) is 0.708. The van der Waals surface area contributed by atoms with Crippen LogP contribution in [0.3, 0.4) is 0 Å².